The topological polar surface area (TPSA) is 49.4 Å². The number of nitrogens with one attached hydrogen (secondary N) is 1. The third kappa shape index (κ3) is 3.71. The average Bonchev–Trinajstić information content (AvgIpc) is 3.35. The van der Waals surface area contributed by atoms with Crippen LogP contribution in [0.3, 0.4) is 0 Å². The van der Waals surface area contributed by atoms with Crippen molar-refractivity contribution in [3.8, 4) is 0 Å². The first-order valence-corrected chi connectivity index (χ1v) is 8.41. The van der Waals surface area contributed by atoms with Gasteiger partial charge in [-0.1, -0.05) is 12.1 Å². The Kier molecular flexibility index (Phi) is 4.64. The quantitative estimate of drug-likeness (QED) is 0.927. The fourth-order valence-corrected chi connectivity index (χ4v) is 3.36. The molecule has 1 aromatic carbocycles. The molecule has 1 aromatic rings. The van der Waals surface area contributed by atoms with E-state index in [1.807, 2.05) is 11.0 Å². The van der Waals surface area contributed by atoms with E-state index in [1.54, 1.807) is 13.0 Å². The molecule has 2 unspecified atom stereocenters. The van der Waals surface area contributed by atoms with Crippen molar-refractivity contribution in [1.29, 1.82) is 0 Å². The molecule has 0 aromatic heterocycles. The third-order valence-corrected chi connectivity index (χ3v) is 4.80. The summed E-state index contributed by atoms with van der Waals surface area (Å²) in [6.45, 7) is 3.32. The van der Waals surface area contributed by atoms with Gasteiger partial charge in [-0.25, -0.2) is 4.39 Å². The van der Waals surface area contributed by atoms with Crippen molar-refractivity contribution in [1.82, 2.24) is 10.2 Å². The fourth-order valence-electron chi connectivity index (χ4n) is 3.36. The number of nitrogens with zero attached hydrogens (tertiary/aromatic N) is 1. The number of carbonyl (C=O) groups is 2. The number of benzene rings is 1. The van der Waals surface area contributed by atoms with Gasteiger partial charge in [-0.05, 0) is 56.2 Å². The van der Waals surface area contributed by atoms with Crippen LogP contribution in [0.2, 0.25) is 0 Å². The van der Waals surface area contributed by atoms with Crippen molar-refractivity contribution in [2.45, 2.75) is 44.6 Å². The summed E-state index contributed by atoms with van der Waals surface area (Å²) in [4.78, 5) is 26.5. The summed E-state index contributed by atoms with van der Waals surface area (Å²) in [7, 11) is 0. The lowest BCUT2D eigenvalue weighted by Gasteiger charge is -2.29. The number of amides is 2. The van der Waals surface area contributed by atoms with Crippen molar-refractivity contribution >= 4 is 11.8 Å². The summed E-state index contributed by atoms with van der Waals surface area (Å²) in [5.74, 6) is -0.447. The second-order valence-corrected chi connectivity index (χ2v) is 6.62. The molecule has 2 fully saturated rings. The molecule has 0 radical (unpaired) electrons. The zero-order chi connectivity index (χ0) is 16.4. The van der Waals surface area contributed by atoms with Crippen LogP contribution < -0.4 is 5.32 Å². The van der Waals surface area contributed by atoms with Crippen LogP contribution in [0, 0.1) is 11.7 Å². The number of halogens is 1. The Morgan fingerprint density at radius 1 is 1.26 bits per heavy atom. The van der Waals surface area contributed by atoms with Gasteiger partial charge in [0.1, 0.15) is 11.9 Å². The first kappa shape index (κ1) is 16.0. The molecule has 2 aliphatic rings. The highest BCUT2D eigenvalue weighted by molar-refractivity contribution is 5.90. The predicted octanol–water partition coefficient (Wildman–Crippen LogP) is 2.45. The van der Waals surface area contributed by atoms with Gasteiger partial charge in [0.15, 0.2) is 0 Å². The van der Waals surface area contributed by atoms with Crippen molar-refractivity contribution in [3.63, 3.8) is 0 Å². The Hall–Kier alpha value is -1.91. The molecule has 0 bridgehead atoms. The van der Waals surface area contributed by atoms with Crippen LogP contribution in [-0.2, 0) is 9.59 Å². The number of likely N-dealkylation sites (tertiary alicyclic amines) is 1. The fraction of sp³-hybridized carbons (Fsp3) is 0.556. The van der Waals surface area contributed by atoms with Gasteiger partial charge in [0.25, 0.3) is 0 Å². The summed E-state index contributed by atoms with van der Waals surface area (Å²) in [5, 5.41) is 2.83. The van der Waals surface area contributed by atoms with Gasteiger partial charge in [-0.3, -0.25) is 9.59 Å². The third-order valence-electron chi connectivity index (χ3n) is 4.80. The molecule has 1 saturated heterocycles. The molecular weight excluding hydrogens is 295 g/mol. The lowest BCUT2D eigenvalue weighted by Crippen LogP contribution is -2.48. The second-order valence-electron chi connectivity index (χ2n) is 6.62. The lowest BCUT2D eigenvalue weighted by atomic mass is 10.1. The molecule has 1 saturated carbocycles. The zero-order valence-corrected chi connectivity index (χ0v) is 13.4. The maximum atomic E-state index is 13.3. The standard InChI is InChI=1S/C18H23FN2O2/c1-12(18(23)21-8-3-2-4-9-21)20-17(22)16-11-15(16)13-6-5-7-14(19)10-13/h5-7,10,12,15-16H,2-4,8-9,11H2,1H3,(H,20,22)/t12-,15?,16?/m0/s1. The number of hydrogen-bond acceptors (Lipinski definition) is 2. The highest BCUT2D eigenvalue weighted by Gasteiger charge is 2.44. The minimum absolute atomic E-state index is 0.000931. The Labute approximate surface area is 136 Å². The molecule has 4 nitrogen and oxygen atoms in total. The van der Waals surface area contributed by atoms with E-state index >= 15 is 0 Å². The van der Waals surface area contributed by atoms with Crippen LogP contribution in [-0.4, -0.2) is 35.8 Å². The van der Waals surface area contributed by atoms with Gasteiger partial charge in [0, 0.05) is 19.0 Å². The highest BCUT2D eigenvalue weighted by atomic mass is 19.1. The van der Waals surface area contributed by atoms with Crippen molar-refractivity contribution in [2.24, 2.45) is 5.92 Å². The van der Waals surface area contributed by atoms with Crippen LogP contribution in [0.5, 0.6) is 0 Å². The monoisotopic (exact) mass is 318 g/mol. The minimum atomic E-state index is -0.491. The van der Waals surface area contributed by atoms with E-state index in [1.165, 1.54) is 18.6 Å². The molecule has 3 atom stereocenters. The lowest BCUT2D eigenvalue weighted by molar-refractivity contribution is -0.137. The molecule has 1 heterocycles. The Bertz CT molecular complexity index is 598. The SMILES string of the molecule is C[C@H](NC(=O)C1CC1c1cccc(F)c1)C(=O)N1CCCCC1. The van der Waals surface area contributed by atoms with Gasteiger partial charge in [-0.2, -0.15) is 0 Å². The second kappa shape index (κ2) is 6.69. The maximum absolute atomic E-state index is 13.3. The van der Waals surface area contributed by atoms with Gasteiger partial charge < -0.3 is 10.2 Å². The summed E-state index contributed by atoms with van der Waals surface area (Å²) < 4.78 is 13.3. The van der Waals surface area contributed by atoms with Crippen molar-refractivity contribution in [3.05, 3.63) is 35.6 Å². The van der Waals surface area contributed by atoms with Gasteiger partial charge in [0.2, 0.25) is 11.8 Å². The molecule has 124 valence electrons. The van der Waals surface area contributed by atoms with Crippen molar-refractivity contribution < 1.29 is 14.0 Å². The summed E-state index contributed by atoms with van der Waals surface area (Å²) in [6, 6.07) is 5.92. The summed E-state index contributed by atoms with van der Waals surface area (Å²) in [6.07, 6.45) is 3.97. The number of rotatable bonds is 4. The van der Waals surface area contributed by atoms with E-state index in [0.29, 0.717) is 0 Å². The van der Waals surface area contributed by atoms with Crippen LogP contribution in [0.25, 0.3) is 0 Å². The van der Waals surface area contributed by atoms with Crippen LogP contribution in [0.15, 0.2) is 24.3 Å². The average molecular weight is 318 g/mol. The van der Waals surface area contributed by atoms with Crippen LogP contribution in [0.1, 0.15) is 44.1 Å². The smallest absolute Gasteiger partial charge is 0.244 e. The molecule has 1 N–H and O–H groups in total. The molecule has 0 spiro atoms. The van der Waals surface area contributed by atoms with Crippen LogP contribution in [0.4, 0.5) is 4.39 Å². The summed E-state index contributed by atoms with van der Waals surface area (Å²) >= 11 is 0. The van der Waals surface area contributed by atoms with Crippen molar-refractivity contribution in [2.75, 3.05) is 13.1 Å². The summed E-state index contributed by atoms with van der Waals surface area (Å²) in [5.41, 5.74) is 0.861. The number of piperidine rings is 1. The molecule has 5 heteroatoms. The first-order valence-electron chi connectivity index (χ1n) is 8.41. The first-order chi connectivity index (χ1) is 11.1. The zero-order valence-electron chi connectivity index (χ0n) is 13.4. The largest absolute Gasteiger partial charge is 0.344 e. The van der Waals surface area contributed by atoms with Crippen LogP contribution >= 0.6 is 0 Å². The molecule has 3 rings (SSSR count). The van der Waals surface area contributed by atoms with E-state index < -0.39 is 6.04 Å². The number of carbonyl (C=O) groups excluding carboxylic acids is 2. The van der Waals surface area contributed by atoms with E-state index in [2.05, 4.69) is 5.32 Å². The predicted molar refractivity (Wildman–Crippen MR) is 85.3 cm³/mol. The highest BCUT2D eigenvalue weighted by Crippen LogP contribution is 2.47. The molecule has 23 heavy (non-hydrogen) atoms. The van der Waals surface area contributed by atoms with E-state index in [0.717, 1.165) is 37.9 Å². The van der Waals surface area contributed by atoms with E-state index in [4.69, 9.17) is 0 Å². The maximum Gasteiger partial charge on any atom is 0.244 e. The van der Waals surface area contributed by atoms with E-state index in [9.17, 15) is 14.0 Å². The normalized spacial score (nSPS) is 24.9. The van der Waals surface area contributed by atoms with Gasteiger partial charge >= 0.3 is 0 Å². The van der Waals surface area contributed by atoms with Gasteiger partial charge in [-0.15, -0.1) is 0 Å². The minimum Gasteiger partial charge on any atom is -0.344 e. The Morgan fingerprint density at radius 2 is 2.00 bits per heavy atom. The molecule has 1 aliphatic heterocycles. The Balaban J connectivity index is 1.52. The number of hydrogen-bond donors (Lipinski definition) is 1. The Morgan fingerprint density at radius 3 is 2.70 bits per heavy atom. The van der Waals surface area contributed by atoms with Gasteiger partial charge in [0.05, 0.1) is 0 Å². The van der Waals surface area contributed by atoms with E-state index in [-0.39, 0.29) is 29.5 Å². The molecular formula is C18H23FN2O2. The molecule has 2 amide bonds. The molecule has 1 aliphatic carbocycles.